The molecule has 0 saturated heterocycles. The molecule has 2 rings (SSSR count). The SMILES string of the molecule is C#CCCC1(CCNC(=O)c2nonc2CO)C=N1. The highest BCUT2D eigenvalue weighted by Gasteiger charge is 2.35. The number of aliphatic hydroxyl groups is 1. The molecule has 0 fully saturated rings. The number of hydrogen-bond donors (Lipinski definition) is 2. The van der Waals surface area contributed by atoms with Gasteiger partial charge in [-0.15, -0.1) is 12.3 Å². The van der Waals surface area contributed by atoms with Crippen LogP contribution in [0.25, 0.3) is 0 Å². The standard InChI is InChI=1S/C12H14N4O3/c1-2-3-4-12(8-14-12)5-6-13-11(18)10-9(7-17)15-19-16-10/h1,8,17H,3-7H2,(H,13,18). The van der Waals surface area contributed by atoms with Crippen molar-refractivity contribution < 1.29 is 14.5 Å². The lowest BCUT2D eigenvalue weighted by atomic mass is 9.98. The molecule has 2 N–H and O–H groups in total. The van der Waals surface area contributed by atoms with Crippen LogP contribution in [0, 0.1) is 12.3 Å². The zero-order valence-corrected chi connectivity index (χ0v) is 10.3. The maximum absolute atomic E-state index is 11.7. The lowest BCUT2D eigenvalue weighted by Gasteiger charge is -2.11. The Kier molecular flexibility index (Phi) is 3.92. The van der Waals surface area contributed by atoms with Crippen molar-refractivity contribution in [3.05, 3.63) is 11.4 Å². The van der Waals surface area contributed by atoms with Crippen molar-refractivity contribution in [1.82, 2.24) is 15.6 Å². The number of hydrogen-bond acceptors (Lipinski definition) is 6. The van der Waals surface area contributed by atoms with Crippen LogP contribution in [0.3, 0.4) is 0 Å². The van der Waals surface area contributed by atoms with E-state index in [2.05, 4.69) is 31.2 Å². The van der Waals surface area contributed by atoms with Gasteiger partial charge in [-0.2, -0.15) is 0 Å². The summed E-state index contributed by atoms with van der Waals surface area (Å²) in [6.07, 6.45) is 9.22. The molecule has 0 radical (unpaired) electrons. The first kappa shape index (κ1) is 13.2. The molecule has 1 atom stereocenters. The average Bonchev–Trinajstić information content (AvgIpc) is 3.02. The third-order valence-electron chi connectivity index (χ3n) is 2.96. The van der Waals surface area contributed by atoms with Gasteiger partial charge in [-0.1, -0.05) is 5.16 Å². The summed E-state index contributed by atoms with van der Waals surface area (Å²) >= 11 is 0. The Hall–Kier alpha value is -2.20. The Morgan fingerprint density at radius 1 is 1.53 bits per heavy atom. The Bertz CT molecular complexity index is 523. The van der Waals surface area contributed by atoms with Crippen LogP contribution < -0.4 is 5.32 Å². The maximum Gasteiger partial charge on any atom is 0.275 e. The van der Waals surface area contributed by atoms with E-state index in [4.69, 9.17) is 11.5 Å². The Morgan fingerprint density at radius 2 is 2.32 bits per heavy atom. The van der Waals surface area contributed by atoms with E-state index in [1.807, 2.05) is 6.21 Å². The quantitative estimate of drug-likeness (QED) is 0.669. The van der Waals surface area contributed by atoms with Crippen molar-refractivity contribution in [2.24, 2.45) is 4.99 Å². The fourth-order valence-corrected chi connectivity index (χ4v) is 1.72. The summed E-state index contributed by atoms with van der Waals surface area (Å²) in [6.45, 7) is 0.0581. The first-order valence-corrected chi connectivity index (χ1v) is 5.91. The van der Waals surface area contributed by atoms with Gasteiger partial charge >= 0.3 is 0 Å². The van der Waals surface area contributed by atoms with Gasteiger partial charge in [0.1, 0.15) is 5.69 Å². The Labute approximate surface area is 110 Å². The van der Waals surface area contributed by atoms with Crippen molar-refractivity contribution >= 4 is 12.1 Å². The van der Waals surface area contributed by atoms with Gasteiger partial charge < -0.3 is 10.4 Å². The van der Waals surface area contributed by atoms with Crippen LogP contribution in [0.15, 0.2) is 9.62 Å². The number of aliphatic imine (C=N–C) groups is 1. The van der Waals surface area contributed by atoms with Crippen LogP contribution >= 0.6 is 0 Å². The summed E-state index contributed by atoms with van der Waals surface area (Å²) in [4.78, 5) is 16.0. The number of nitrogens with zero attached hydrogens (tertiary/aromatic N) is 3. The Morgan fingerprint density at radius 3 is 2.95 bits per heavy atom. The van der Waals surface area contributed by atoms with E-state index in [1.165, 1.54) is 0 Å². The van der Waals surface area contributed by atoms with Crippen LogP contribution in [-0.2, 0) is 6.61 Å². The van der Waals surface area contributed by atoms with Crippen LogP contribution in [0.4, 0.5) is 0 Å². The molecule has 1 aliphatic rings. The maximum atomic E-state index is 11.7. The Balaban J connectivity index is 1.77. The van der Waals surface area contributed by atoms with Gasteiger partial charge in [0.15, 0.2) is 5.69 Å². The van der Waals surface area contributed by atoms with Gasteiger partial charge in [-0.3, -0.25) is 9.79 Å². The van der Waals surface area contributed by atoms with Gasteiger partial charge in [0.2, 0.25) is 0 Å². The molecule has 0 aliphatic carbocycles. The molecule has 7 nitrogen and oxygen atoms in total. The molecule has 1 unspecified atom stereocenters. The highest BCUT2D eigenvalue weighted by Crippen LogP contribution is 2.29. The number of terminal acetylenes is 1. The third-order valence-corrected chi connectivity index (χ3v) is 2.96. The van der Waals surface area contributed by atoms with Crippen LogP contribution in [0.1, 0.15) is 35.4 Å². The molecule has 1 aromatic heterocycles. The van der Waals surface area contributed by atoms with Gasteiger partial charge in [-0.05, 0) is 18.0 Å². The van der Waals surface area contributed by atoms with Gasteiger partial charge in [-0.25, -0.2) is 4.63 Å². The predicted molar refractivity (Wildman–Crippen MR) is 66.5 cm³/mol. The summed E-state index contributed by atoms with van der Waals surface area (Å²) in [7, 11) is 0. The molecule has 1 aliphatic heterocycles. The van der Waals surface area contributed by atoms with Gasteiger partial charge in [0.05, 0.1) is 12.1 Å². The van der Waals surface area contributed by atoms with E-state index in [-0.39, 0.29) is 23.5 Å². The van der Waals surface area contributed by atoms with Crippen LogP contribution in [0.5, 0.6) is 0 Å². The normalized spacial score (nSPS) is 20.0. The number of aliphatic hydroxyl groups excluding tert-OH is 1. The highest BCUT2D eigenvalue weighted by atomic mass is 16.6. The van der Waals surface area contributed by atoms with Crippen LogP contribution in [-0.4, -0.2) is 39.6 Å². The summed E-state index contributed by atoms with van der Waals surface area (Å²) in [5.74, 6) is 2.16. The number of carbonyl (C=O) groups excluding carboxylic acids is 1. The number of aromatic nitrogens is 2. The molecule has 0 aromatic carbocycles. The molecule has 0 bridgehead atoms. The summed E-state index contributed by atoms with van der Waals surface area (Å²) in [5, 5.41) is 18.5. The minimum absolute atomic E-state index is 0.0110. The molecular formula is C12H14N4O3. The number of rotatable bonds is 7. The molecule has 0 spiro atoms. The first-order valence-electron chi connectivity index (χ1n) is 5.91. The van der Waals surface area contributed by atoms with E-state index < -0.39 is 5.91 Å². The summed E-state index contributed by atoms with van der Waals surface area (Å²) in [5.41, 5.74) is -0.0410. The van der Waals surface area contributed by atoms with E-state index in [9.17, 15) is 4.79 Å². The fraction of sp³-hybridized carbons (Fsp3) is 0.500. The zero-order valence-electron chi connectivity index (χ0n) is 10.3. The van der Waals surface area contributed by atoms with E-state index in [0.717, 1.165) is 6.42 Å². The predicted octanol–water partition coefficient (Wildman–Crippen LogP) is -0.0816. The molecule has 100 valence electrons. The summed E-state index contributed by atoms with van der Waals surface area (Å²) in [6, 6.07) is 0. The second-order valence-electron chi connectivity index (χ2n) is 4.29. The summed E-state index contributed by atoms with van der Waals surface area (Å²) < 4.78 is 4.40. The molecule has 1 aromatic rings. The molecule has 0 saturated carbocycles. The molecule has 7 heteroatoms. The van der Waals surface area contributed by atoms with Crippen LogP contribution in [0.2, 0.25) is 0 Å². The fourth-order valence-electron chi connectivity index (χ4n) is 1.72. The topological polar surface area (TPSA) is 101 Å². The van der Waals surface area contributed by atoms with E-state index in [0.29, 0.717) is 19.4 Å². The van der Waals surface area contributed by atoms with Crippen molar-refractivity contribution in [2.75, 3.05) is 6.54 Å². The smallest absolute Gasteiger partial charge is 0.275 e. The molecule has 1 amide bonds. The highest BCUT2D eigenvalue weighted by molar-refractivity contribution is 5.93. The van der Waals surface area contributed by atoms with E-state index in [1.54, 1.807) is 0 Å². The lowest BCUT2D eigenvalue weighted by Crippen LogP contribution is -2.29. The zero-order chi connectivity index (χ0) is 13.7. The van der Waals surface area contributed by atoms with Crippen molar-refractivity contribution in [1.29, 1.82) is 0 Å². The molecule has 19 heavy (non-hydrogen) atoms. The van der Waals surface area contributed by atoms with Gasteiger partial charge in [0.25, 0.3) is 5.91 Å². The number of carbonyl (C=O) groups is 1. The minimum Gasteiger partial charge on any atom is -0.390 e. The number of amides is 1. The monoisotopic (exact) mass is 262 g/mol. The largest absolute Gasteiger partial charge is 0.390 e. The first-order chi connectivity index (χ1) is 9.21. The third kappa shape index (κ3) is 3.17. The number of nitrogens with one attached hydrogen (secondary N) is 1. The van der Waals surface area contributed by atoms with Crippen molar-refractivity contribution in [3.63, 3.8) is 0 Å². The van der Waals surface area contributed by atoms with Gasteiger partial charge in [0, 0.05) is 19.2 Å². The molecule has 2 heterocycles. The molecular weight excluding hydrogens is 248 g/mol. The second-order valence-corrected chi connectivity index (χ2v) is 4.29. The van der Waals surface area contributed by atoms with Crippen molar-refractivity contribution in [2.45, 2.75) is 31.4 Å². The second kappa shape index (κ2) is 5.63. The minimum atomic E-state index is -0.418. The lowest BCUT2D eigenvalue weighted by molar-refractivity contribution is 0.0940. The van der Waals surface area contributed by atoms with Crippen molar-refractivity contribution in [3.8, 4) is 12.3 Å². The average molecular weight is 262 g/mol. The van der Waals surface area contributed by atoms with E-state index >= 15 is 0 Å².